The second kappa shape index (κ2) is 14.4. The number of carbonyl (C=O) groups is 2. The summed E-state index contributed by atoms with van der Waals surface area (Å²) in [6.07, 6.45) is 0.586. The van der Waals surface area contributed by atoms with Crippen LogP contribution in [-0.4, -0.2) is 97.0 Å². The fourth-order valence-corrected chi connectivity index (χ4v) is 7.13. The minimum absolute atomic E-state index is 0.140. The third kappa shape index (κ3) is 8.40. The zero-order valence-corrected chi connectivity index (χ0v) is 25.9. The summed E-state index contributed by atoms with van der Waals surface area (Å²) in [5.74, 6) is -1.17. The van der Waals surface area contributed by atoms with Gasteiger partial charge < -0.3 is 34.4 Å². The largest absolute Gasteiger partial charge is 0.480 e. The summed E-state index contributed by atoms with van der Waals surface area (Å²) in [5, 5.41) is 16.0. The fourth-order valence-electron chi connectivity index (χ4n) is 4.69. The van der Waals surface area contributed by atoms with Gasteiger partial charge in [0.2, 0.25) is 0 Å². The molecule has 1 aromatic carbocycles. The molecule has 0 saturated carbocycles. The van der Waals surface area contributed by atoms with Crippen LogP contribution >= 0.6 is 15.4 Å². The number of urea groups is 1. The molecule has 2 saturated heterocycles. The van der Waals surface area contributed by atoms with Crippen molar-refractivity contribution in [1.82, 2.24) is 30.2 Å². The molecule has 0 aliphatic carbocycles. The van der Waals surface area contributed by atoms with Crippen LogP contribution in [-0.2, 0) is 37.0 Å². The van der Waals surface area contributed by atoms with Crippen LogP contribution in [0.2, 0.25) is 0 Å². The summed E-state index contributed by atoms with van der Waals surface area (Å²) >= 11 is 0. The van der Waals surface area contributed by atoms with Crippen molar-refractivity contribution in [2.75, 3.05) is 31.3 Å². The summed E-state index contributed by atoms with van der Waals surface area (Å²) in [7, 11) is -9.94. The van der Waals surface area contributed by atoms with Gasteiger partial charge in [0.05, 0.1) is 25.8 Å². The number of carboxylic acids is 1. The molecule has 2 fully saturated rings. The van der Waals surface area contributed by atoms with Crippen molar-refractivity contribution >= 4 is 50.5 Å². The van der Waals surface area contributed by atoms with Crippen LogP contribution in [0.25, 0.3) is 17.2 Å². The normalized spacial score (nSPS) is 25.2. The predicted molar refractivity (Wildman–Crippen MR) is 158 cm³/mol. The monoisotopic (exact) mass is 683 g/mol. The molecule has 2 aliphatic heterocycles. The third-order valence-electron chi connectivity index (χ3n) is 6.54. The van der Waals surface area contributed by atoms with Gasteiger partial charge >= 0.3 is 27.4 Å². The van der Waals surface area contributed by atoms with Gasteiger partial charge in [-0.2, -0.15) is 0 Å². The summed E-state index contributed by atoms with van der Waals surface area (Å²) in [4.78, 5) is 55.5. The quantitative estimate of drug-likeness (QED) is 0.132. The lowest BCUT2D eigenvalue weighted by atomic mass is 10.1. The molecule has 4 heterocycles. The Morgan fingerprint density at radius 2 is 1.85 bits per heavy atom. The molecule has 46 heavy (non-hydrogen) atoms. The minimum atomic E-state index is -5.16. The average Bonchev–Trinajstić information content (AvgIpc) is 3.69. The van der Waals surface area contributed by atoms with Crippen molar-refractivity contribution in [3.8, 4) is 0 Å². The number of ether oxygens (including phenoxy) is 3. The van der Waals surface area contributed by atoms with Gasteiger partial charge in [-0.1, -0.05) is 36.4 Å². The highest BCUT2D eigenvalue weighted by atomic mass is 31.3. The Labute approximate surface area is 261 Å². The Hall–Kier alpha value is -3.61. The van der Waals surface area contributed by atoms with E-state index in [0.29, 0.717) is 6.54 Å². The molecule has 2 aromatic heterocycles. The highest BCUT2D eigenvalue weighted by Gasteiger charge is 2.54. The number of anilines is 1. The van der Waals surface area contributed by atoms with E-state index >= 15 is 0 Å². The first kappa shape index (κ1) is 33.7. The summed E-state index contributed by atoms with van der Waals surface area (Å²) < 4.78 is 54.1. The van der Waals surface area contributed by atoms with E-state index in [0.717, 1.165) is 5.56 Å². The van der Waals surface area contributed by atoms with E-state index in [1.165, 1.54) is 17.2 Å². The Kier molecular flexibility index (Phi) is 10.6. The van der Waals surface area contributed by atoms with E-state index < -0.39 is 77.7 Å². The number of fused-ring (bicyclic) bond motifs is 2. The molecule has 2 amide bonds. The first-order chi connectivity index (χ1) is 21.9. The number of benzene rings is 1. The summed E-state index contributed by atoms with van der Waals surface area (Å²) in [5.41, 5.74) is 1.40. The standard InChI is InChI=1S/C25H31N7O12P2/c1-2-27-25(35)31-22-19-23(29-12-28-22)32(13-30-19)24-21-20(42-18(43-21)9-8-15-6-4-3-5-7-15)16(41-24)11-40-46(38,39)44-45(36,37)14-26-10-17(33)34/h3-9,12-13,16,18,20-21,24,26H,2,10-11,14H2,1H3,(H,33,34)(H,36,37)(H,38,39)(H2,27,28,29,31,35)/b9-8+/t16-,18+,20+,21+,24-/m1/s1. The Morgan fingerprint density at radius 3 is 2.59 bits per heavy atom. The highest BCUT2D eigenvalue weighted by Crippen LogP contribution is 2.59. The number of phosphoric ester groups is 1. The smallest absolute Gasteiger partial charge is 0.479 e. The van der Waals surface area contributed by atoms with Crippen LogP contribution in [0.15, 0.2) is 49.1 Å². The number of hydrogen-bond donors (Lipinski definition) is 6. The molecule has 5 rings (SSSR count). The van der Waals surface area contributed by atoms with Gasteiger partial charge in [0.25, 0.3) is 0 Å². The summed E-state index contributed by atoms with van der Waals surface area (Å²) in [6, 6.07) is 8.88. The molecule has 2 unspecified atom stereocenters. The second-order valence-electron chi connectivity index (χ2n) is 9.90. The van der Waals surface area contributed by atoms with E-state index in [2.05, 4.69) is 35.2 Å². The van der Waals surface area contributed by atoms with Gasteiger partial charge in [-0.3, -0.25) is 29.1 Å². The van der Waals surface area contributed by atoms with E-state index in [9.17, 15) is 28.5 Å². The Bertz CT molecular complexity index is 1680. The van der Waals surface area contributed by atoms with Gasteiger partial charge in [-0.15, -0.1) is 0 Å². The van der Waals surface area contributed by atoms with Crippen LogP contribution in [0.1, 0.15) is 18.7 Å². The van der Waals surface area contributed by atoms with Crippen LogP contribution in [0.4, 0.5) is 10.6 Å². The lowest BCUT2D eigenvalue weighted by Gasteiger charge is -2.21. The molecule has 3 aromatic rings. The Balaban J connectivity index is 1.35. The number of phosphoric acid groups is 1. The maximum Gasteiger partial charge on any atom is 0.479 e. The van der Waals surface area contributed by atoms with E-state index in [-0.39, 0.29) is 17.0 Å². The van der Waals surface area contributed by atoms with Crippen molar-refractivity contribution in [2.45, 2.75) is 37.8 Å². The SMILES string of the molecule is CCNC(=O)Nc1ncnc2c1ncn2[C@@H]1O[C@H](COP(=O)(O)OP(=O)(O)CNCC(=O)O)[C@@H]2O[C@H](/C=C/c3ccccc3)O[C@@H]21. The molecule has 248 valence electrons. The summed E-state index contributed by atoms with van der Waals surface area (Å²) in [6.45, 7) is 0.822. The maximum absolute atomic E-state index is 12.6. The van der Waals surface area contributed by atoms with Crippen molar-refractivity contribution in [1.29, 1.82) is 0 Å². The fraction of sp³-hybridized carbons (Fsp3) is 0.400. The van der Waals surface area contributed by atoms with Crippen LogP contribution in [0.3, 0.4) is 0 Å². The number of carboxylic acid groups (broad SMARTS) is 1. The topological polar surface area (TPSA) is 255 Å². The number of nitrogens with zero attached hydrogens (tertiary/aromatic N) is 4. The number of carbonyl (C=O) groups excluding carboxylic acids is 1. The first-order valence-electron chi connectivity index (χ1n) is 13.8. The van der Waals surface area contributed by atoms with Gasteiger partial charge in [-0.05, 0) is 18.6 Å². The molecular weight excluding hydrogens is 652 g/mol. The van der Waals surface area contributed by atoms with Crippen molar-refractivity contribution in [2.24, 2.45) is 0 Å². The predicted octanol–water partition coefficient (Wildman–Crippen LogP) is 1.64. The molecule has 21 heteroatoms. The lowest BCUT2D eigenvalue weighted by Crippen LogP contribution is -2.31. The minimum Gasteiger partial charge on any atom is -0.480 e. The molecule has 0 radical (unpaired) electrons. The van der Waals surface area contributed by atoms with Crippen LogP contribution in [0, 0.1) is 0 Å². The highest BCUT2D eigenvalue weighted by molar-refractivity contribution is 7.63. The number of nitrogens with one attached hydrogen (secondary N) is 3. The van der Waals surface area contributed by atoms with Crippen LogP contribution < -0.4 is 16.0 Å². The van der Waals surface area contributed by atoms with Crippen molar-refractivity contribution < 1.29 is 56.7 Å². The van der Waals surface area contributed by atoms with Crippen LogP contribution in [0.5, 0.6) is 0 Å². The number of hydrogen-bond acceptors (Lipinski definition) is 13. The second-order valence-corrected chi connectivity index (χ2v) is 13.3. The number of amides is 2. The molecule has 6 N–H and O–H groups in total. The Morgan fingerprint density at radius 1 is 1.09 bits per heavy atom. The van der Waals surface area contributed by atoms with Gasteiger partial charge in [-0.25, -0.2) is 28.6 Å². The van der Waals surface area contributed by atoms with E-state index in [1.807, 2.05) is 30.3 Å². The van der Waals surface area contributed by atoms with Gasteiger partial charge in [0.15, 0.2) is 29.5 Å². The zero-order chi connectivity index (χ0) is 32.9. The number of imidazole rings is 1. The molecule has 19 nitrogen and oxygen atoms in total. The van der Waals surface area contributed by atoms with E-state index in [4.69, 9.17) is 23.8 Å². The maximum atomic E-state index is 12.6. The van der Waals surface area contributed by atoms with Gasteiger partial charge in [0.1, 0.15) is 24.6 Å². The average molecular weight is 684 g/mol. The number of rotatable bonds is 14. The van der Waals surface area contributed by atoms with Gasteiger partial charge in [0, 0.05) is 6.54 Å². The molecular formula is C25H31N7O12P2. The molecule has 2 aliphatic rings. The number of aliphatic carboxylic acids is 1. The molecule has 0 bridgehead atoms. The van der Waals surface area contributed by atoms with Crippen molar-refractivity contribution in [3.63, 3.8) is 0 Å². The zero-order valence-electron chi connectivity index (χ0n) is 24.1. The van der Waals surface area contributed by atoms with E-state index in [1.54, 1.807) is 19.1 Å². The van der Waals surface area contributed by atoms with Crippen molar-refractivity contribution in [3.05, 3.63) is 54.6 Å². The first-order valence-corrected chi connectivity index (χ1v) is 17.1. The number of aromatic nitrogens is 4. The third-order valence-corrected chi connectivity index (χ3v) is 9.48. The molecule has 0 spiro atoms. The lowest BCUT2D eigenvalue weighted by molar-refractivity contribution is -0.135. The molecule has 7 atom stereocenters.